The fraction of sp³-hybridized carbons (Fsp3) is 0.192. The summed E-state index contributed by atoms with van der Waals surface area (Å²) in [5.74, 6) is 1.08. The summed E-state index contributed by atoms with van der Waals surface area (Å²) >= 11 is 0. The standard InChI is InChI=1S/C26H24N4O4/c1-15-6-8-19(31)18(11-15)23-22-24(29-28-23)26(32)30(14-16-5-4-10-27-13-16)25(22)17-7-9-20(33-2)21(12-17)34-3/h4-13,25,31H,14H2,1-3H3,(H,28,29). The molecule has 34 heavy (non-hydrogen) atoms. The number of nitrogens with zero attached hydrogens (tertiary/aromatic N) is 3. The van der Waals surface area contributed by atoms with Crippen LogP contribution in [0.3, 0.4) is 0 Å². The number of nitrogens with one attached hydrogen (secondary N) is 1. The highest BCUT2D eigenvalue weighted by Gasteiger charge is 2.42. The first-order valence-corrected chi connectivity index (χ1v) is 10.8. The molecule has 2 aromatic heterocycles. The van der Waals surface area contributed by atoms with Crippen molar-refractivity contribution in [1.29, 1.82) is 0 Å². The SMILES string of the molecule is COc1ccc(C2c3c(-c4cc(C)ccc4O)n[nH]c3C(=O)N2Cc2cccnc2)cc1OC. The van der Waals surface area contributed by atoms with Gasteiger partial charge in [0.2, 0.25) is 0 Å². The third-order valence-electron chi connectivity index (χ3n) is 6.07. The highest BCUT2D eigenvalue weighted by Crippen LogP contribution is 2.46. The molecule has 0 spiro atoms. The summed E-state index contributed by atoms with van der Waals surface area (Å²) in [7, 11) is 3.16. The maximum Gasteiger partial charge on any atom is 0.273 e. The first-order valence-electron chi connectivity index (χ1n) is 10.8. The van der Waals surface area contributed by atoms with Gasteiger partial charge < -0.3 is 19.5 Å². The van der Waals surface area contributed by atoms with Crippen LogP contribution in [0.5, 0.6) is 17.2 Å². The molecule has 4 aromatic rings. The number of carbonyl (C=O) groups is 1. The Balaban J connectivity index is 1.70. The monoisotopic (exact) mass is 456 g/mol. The molecule has 1 unspecified atom stereocenters. The van der Waals surface area contributed by atoms with Gasteiger partial charge in [0, 0.05) is 30.1 Å². The number of rotatable bonds is 6. The quantitative estimate of drug-likeness (QED) is 0.450. The second kappa shape index (κ2) is 8.55. The molecule has 2 aromatic carbocycles. The Bertz CT molecular complexity index is 1370. The van der Waals surface area contributed by atoms with Gasteiger partial charge in [-0.05, 0) is 48.4 Å². The fourth-order valence-corrected chi connectivity index (χ4v) is 4.46. The van der Waals surface area contributed by atoms with Gasteiger partial charge in [0.1, 0.15) is 17.1 Å². The molecular formula is C26H24N4O4. The molecular weight excluding hydrogens is 432 g/mol. The molecule has 1 aliphatic heterocycles. The number of aromatic nitrogens is 3. The summed E-state index contributed by atoms with van der Waals surface area (Å²) in [5.41, 5.74) is 4.94. The number of ether oxygens (including phenoxy) is 2. The summed E-state index contributed by atoms with van der Waals surface area (Å²) in [5, 5.41) is 18.0. The number of methoxy groups -OCH3 is 2. The van der Waals surface area contributed by atoms with E-state index in [4.69, 9.17) is 9.47 Å². The van der Waals surface area contributed by atoms with Crippen LogP contribution in [0.2, 0.25) is 0 Å². The molecule has 8 nitrogen and oxygen atoms in total. The molecule has 1 atom stereocenters. The number of hydrogen-bond donors (Lipinski definition) is 2. The first kappa shape index (κ1) is 21.5. The van der Waals surface area contributed by atoms with Crippen molar-refractivity contribution in [2.24, 2.45) is 0 Å². The highest BCUT2D eigenvalue weighted by atomic mass is 16.5. The number of benzene rings is 2. The van der Waals surface area contributed by atoms with Gasteiger partial charge in [-0.15, -0.1) is 0 Å². The minimum Gasteiger partial charge on any atom is -0.507 e. The Labute approximate surface area is 196 Å². The van der Waals surface area contributed by atoms with Crippen molar-refractivity contribution in [3.8, 4) is 28.5 Å². The number of aryl methyl sites for hydroxylation is 1. The van der Waals surface area contributed by atoms with E-state index in [1.807, 2.05) is 49.4 Å². The zero-order valence-corrected chi connectivity index (χ0v) is 19.1. The van der Waals surface area contributed by atoms with Crippen LogP contribution in [-0.4, -0.2) is 45.3 Å². The number of phenolic OH excluding ortho intramolecular Hbond substituents is 1. The summed E-state index contributed by atoms with van der Waals surface area (Å²) < 4.78 is 10.9. The van der Waals surface area contributed by atoms with Crippen LogP contribution in [0.15, 0.2) is 60.9 Å². The molecule has 0 bridgehead atoms. The first-order chi connectivity index (χ1) is 16.5. The number of amides is 1. The van der Waals surface area contributed by atoms with Crippen molar-refractivity contribution in [2.75, 3.05) is 14.2 Å². The predicted molar refractivity (Wildman–Crippen MR) is 126 cm³/mol. The number of aromatic hydroxyl groups is 1. The van der Waals surface area contributed by atoms with Crippen molar-refractivity contribution >= 4 is 5.91 Å². The smallest absolute Gasteiger partial charge is 0.273 e. The number of fused-ring (bicyclic) bond motifs is 1. The van der Waals surface area contributed by atoms with Crippen LogP contribution in [0, 0.1) is 6.92 Å². The Morgan fingerprint density at radius 1 is 1.09 bits per heavy atom. The minimum atomic E-state index is -0.462. The molecule has 0 saturated carbocycles. The normalized spacial score (nSPS) is 14.9. The molecule has 1 aliphatic rings. The Kier molecular flexibility index (Phi) is 5.41. The zero-order chi connectivity index (χ0) is 23.8. The van der Waals surface area contributed by atoms with Crippen molar-refractivity contribution < 1.29 is 19.4 Å². The van der Waals surface area contributed by atoms with Crippen molar-refractivity contribution in [3.63, 3.8) is 0 Å². The van der Waals surface area contributed by atoms with E-state index in [-0.39, 0.29) is 11.7 Å². The number of H-pyrrole nitrogens is 1. The van der Waals surface area contributed by atoms with Gasteiger partial charge in [0.05, 0.1) is 20.3 Å². The van der Waals surface area contributed by atoms with Gasteiger partial charge in [0.15, 0.2) is 11.5 Å². The van der Waals surface area contributed by atoms with Gasteiger partial charge in [-0.1, -0.05) is 23.8 Å². The minimum absolute atomic E-state index is 0.101. The van der Waals surface area contributed by atoms with Crippen molar-refractivity contribution in [3.05, 3.63) is 88.9 Å². The zero-order valence-electron chi connectivity index (χ0n) is 19.1. The van der Waals surface area contributed by atoms with Gasteiger partial charge in [-0.25, -0.2) is 0 Å². The second-order valence-electron chi connectivity index (χ2n) is 8.19. The molecule has 3 heterocycles. The van der Waals surface area contributed by atoms with Crippen molar-refractivity contribution in [2.45, 2.75) is 19.5 Å². The number of phenols is 1. The van der Waals surface area contributed by atoms with E-state index in [1.54, 1.807) is 37.6 Å². The molecule has 2 N–H and O–H groups in total. The largest absolute Gasteiger partial charge is 0.507 e. The van der Waals surface area contributed by atoms with E-state index in [1.165, 1.54) is 0 Å². The lowest BCUT2D eigenvalue weighted by atomic mass is 9.94. The van der Waals surface area contributed by atoms with E-state index >= 15 is 0 Å². The second-order valence-corrected chi connectivity index (χ2v) is 8.19. The predicted octanol–water partition coefficient (Wildman–Crippen LogP) is 4.25. The van der Waals surface area contributed by atoms with Crippen molar-refractivity contribution in [1.82, 2.24) is 20.1 Å². The lowest BCUT2D eigenvalue weighted by Crippen LogP contribution is -2.29. The molecule has 5 rings (SSSR count). The summed E-state index contributed by atoms with van der Waals surface area (Å²) in [6.45, 7) is 2.30. The van der Waals surface area contributed by atoms with E-state index < -0.39 is 6.04 Å². The maximum atomic E-state index is 13.6. The number of pyridine rings is 1. The molecule has 172 valence electrons. The van der Waals surface area contributed by atoms with Crippen LogP contribution in [-0.2, 0) is 6.54 Å². The highest BCUT2D eigenvalue weighted by molar-refractivity contribution is 6.00. The van der Waals surface area contributed by atoms with E-state index in [9.17, 15) is 9.90 Å². The van der Waals surface area contributed by atoms with Crippen LogP contribution >= 0.6 is 0 Å². The summed E-state index contributed by atoms with van der Waals surface area (Å²) in [6.07, 6.45) is 3.45. The van der Waals surface area contributed by atoms with E-state index in [0.717, 1.165) is 16.7 Å². The van der Waals surface area contributed by atoms with Gasteiger partial charge in [-0.2, -0.15) is 5.10 Å². The Hall–Kier alpha value is -4.33. The van der Waals surface area contributed by atoms with Crippen LogP contribution < -0.4 is 9.47 Å². The number of carbonyl (C=O) groups excluding carboxylic acids is 1. The average molecular weight is 457 g/mol. The fourth-order valence-electron chi connectivity index (χ4n) is 4.46. The van der Waals surface area contributed by atoms with Crippen LogP contribution in [0.25, 0.3) is 11.3 Å². The Morgan fingerprint density at radius 2 is 1.91 bits per heavy atom. The average Bonchev–Trinajstić information content (AvgIpc) is 3.40. The van der Waals surface area contributed by atoms with E-state index in [0.29, 0.717) is 40.6 Å². The van der Waals surface area contributed by atoms with Crippen LogP contribution in [0.1, 0.15) is 38.8 Å². The third kappa shape index (κ3) is 3.53. The Morgan fingerprint density at radius 3 is 2.65 bits per heavy atom. The third-order valence-corrected chi connectivity index (χ3v) is 6.07. The maximum absolute atomic E-state index is 13.6. The van der Waals surface area contributed by atoms with Gasteiger partial charge >= 0.3 is 0 Å². The molecule has 0 radical (unpaired) electrons. The van der Waals surface area contributed by atoms with E-state index in [2.05, 4.69) is 15.2 Å². The van der Waals surface area contributed by atoms with Gasteiger partial charge in [-0.3, -0.25) is 14.9 Å². The topological polar surface area (TPSA) is 101 Å². The summed E-state index contributed by atoms with van der Waals surface area (Å²) in [6, 6.07) is 14.3. The molecule has 0 aliphatic carbocycles. The number of hydrogen-bond acceptors (Lipinski definition) is 6. The lowest BCUT2D eigenvalue weighted by Gasteiger charge is -2.27. The molecule has 1 amide bonds. The molecule has 8 heteroatoms. The number of aromatic amines is 1. The van der Waals surface area contributed by atoms with Gasteiger partial charge in [0.25, 0.3) is 5.91 Å². The molecule has 0 saturated heterocycles. The molecule has 0 fully saturated rings. The lowest BCUT2D eigenvalue weighted by molar-refractivity contribution is 0.0729. The van der Waals surface area contributed by atoms with Crippen LogP contribution in [0.4, 0.5) is 0 Å². The summed E-state index contributed by atoms with van der Waals surface area (Å²) in [4.78, 5) is 19.5.